The number of unbranched alkanes of at least 4 members (excludes halogenated alkanes) is 1. The fourth-order valence-corrected chi connectivity index (χ4v) is 14.0. The summed E-state index contributed by atoms with van der Waals surface area (Å²) in [6.07, 6.45) is 8.01. The number of aryl methyl sites for hydroxylation is 2. The smallest absolute Gasteiger partial charge is 0.119 e. The van der Waals surface area contributed by atoms with Crippen LogP contribution in [0.4, 0.5) is 17.1 Å². The van der Waals surface area contributed by atoms with E-state index in [2.05, 4.69) is 310 Å². The minimum absolute atomic E-state index is 0.348. The Balaban J connectivity index is 0.808. The highest BCUT2D eigenvalue weighted by Crippen LogP contribution is 2.57. The molecule has 1 aliphatic rings. The highest BCUT2D eigenvalue weighted by Gasteiger charge is 2.44. The first kappa shape index (κ1) is 56.3. The Kier molecular flexibility index (Phi) is 15.4. The molecule has 3 heteroatoms. The van der Waals surface area contributed by atoms with Crippen molar-refractivity contribution in [1.82, 2.24) is 4.57 Å². The van der Waals surface area contributed by atoms with Crippen LogP contribution in [0.1, 0.15) is 71.6 Å². The maximum atomic E-state index is 6.28. The van der Waals surface area contributed by atoms with Gasteiger partial charge in [0, 0.05) is 38.9 Å². The van der Waals surface area contributed by atoms with Gasteiger partial charge < -0.3 is 14.2 Å². The molecule has 0 fully saturated rings. The van der Waals surface area contributed by atoms with Gasteiger partial charge in [-0.1, -0.05) is 239 Å². The van der Waals surface area contributed by atoms with E-state index in [-0.39, 0.29) is 5.41 Å². The van der Waals surface area contributed by atoms with E-state index in [1.165, 1.54) is 105 Å². The van der Waals surface area contributed by atoms with Crippen LogP contribution < -0.4 is 9.64 Å². The van der Waals surface area contributed by atoms with Crippen molar-refractivity contribution in [3.63, 3.8) is 0 Å². The van der Waals surface area contributed by atoms with Crippen molar-refractivity contribution in [2.45, 2.75) is 51.9 Å². The summed E-state index contributed by atoms with van der Waals surface area (Å²) in [4.78, 5) is 2.46. The summed E-state index contributed by atoms with van der Waals surface area (Å²) in [5.74, 6) is 1.33. The third kappa shape index (κ3) is 10.8. The number of anilines is 3. The van der Waals surface area contributed by atoms with E-state index in [1.807, 2.05) is 24.3 Å². The van der Waals surface area contributed by atoms with Gasteiger partial charge >= 0.3 is 0 Å². The zero-order chi connectivity index (χ0) is 60.4. The van der Waals surface area contributed by atoms with Crippen molar-refractivity contribution >= 4 is 51.0 Å². The predicted octanol–water partition coefficient (Wildman–Crippen LogP) is 23.4. The van der Waals surface area contributed by atoms with Gasteiger partial charge in [-0.25, -0.2) is 0 Å². The number of para-hydroxylation sites is 1. The molecule has 0 radical (unpaired) electrons. The molecular weight excluding hydrogens is 1080 g/mol. The molecule has 12 aromatic carbocycles. The average Bonchev–Trinajstić information content (AvgIpc) is 1.60. The predicted molar refractivity (Wildman–Crippen MR) is 378 cm³/mol. The first-order chi connectivity index (χ1) is 43.7. The van der Waals surface area contributed by atoms with Crippen LogP contribution >= 0.6 is 0 Å². The number of nitrogens with zero attached hydrogens (tertiary/aromatic N) is 2. The molecule has 0 aliphatic heterocycles. The summed E-state index contributed by atoms with van der Waals surface area (Å²) in [5, 5.41) is 2.46. The quantitative estimate of drug-likeness (QED) is 0.0751. The molecule has 0 bridgehead atoms. The third-order valence-electron chi connectivity index (χ3n) is 18.6. The van der Waals surface area contributed by atoms with Crippen LogP contribution in [0.2, 0.25) is 0 Å². The number of hydrogen-bond donors (Lipinski definition) is 0. The van der Waals surface area contributed by atoms with E-state index in [1.54, 1.807) is 0 Å². The van der Waals surface area contributed by atoms with E-state index < -0.39 is 0 Å². The van der Waals surface area contributed by atoms with E-state index >= 15 is 0 Å². The number of rotatable bonds is 19. The van der Waals surface area contributed by atoms with Crippen LogP contribution in [-0.2, 0) is 5.41 Å². The van der Waals surface area contributed by atoms with E-state index in [9.17, 15) is 0 Å². The normalized spacial score (nSPS) is 13.7. The second-order valence-electron chi connectivity index (χ2n) is 24.2. The van der Waals surface area contributed by atoms with Crippen molar-refractivity contribution in [1.29, 1.82) is 0 Å². The molecule has 432 valence electrons. The Hall–Kier alpha value is -10.5. The van der Waals surface area contributed by atoms with Gasteiger partial charge in [0.15, 0.2) is 0 Å². The minimum Gasteiger partial charge on any atom is -0.493 e. The van der Waals surface area contributed by atoms with Crippen molar-refractivity contribution in [3.05, 3.63) is 331 Å². The van der Waals surface area contributed by atoms with Gasteiger partial charge in [-0.3, -0.25) is 0 Å². The summed E-state index contributed by atoms with van der Waals surface area (Å²) in [5.41, 5.74) is 27.5. The summed E-state index contributed by atoms with van der Waals surface area (Å²) in [7, 11) is 0. The summed E-state index contributed by atoms with van der Waals surface area (Å²) in [6, 6.07) is 103. The van der Waals surface area contributed by atoms with Gasteiger partial charge in [-0.2, -0.15) is 0 Å². The molecule has 0 saturated heterocycles. The molecule has 0 saturated carbocycles. The van der Waals surface area contributed by atoms with Gasteiger partial charge in [0.1, 0.15) is 5.75 Å². The minimum atomic E-state index is -0.348. The maximum absolute atomic E-state index is 6.28. The number of ether oxygens (including phenoxy) is 1. The molecule has 1 aromatic heterocycles. The molecule has 89 heavy (non-hydrogen) atoms. The summed E-state index contributed by atoms with van der Waals surface area (Å²) in [6.45, 7) is 15.4. The van der Waals surface area contributed by atoms with Gasteiger partial charge in [-0.15, -0.1) is 0 Å². The summed E-state index contributed by atoms with van der Waals surface area (Å²) < 4.78 is 8.69. The zero-order valence-corrected chi connectivity index (χ0v) is 51.0. The second kappa shape index (κ2) is 24.4. The van der Waals surface area contributed by atoms with Crippen molar-refractivity contribution in [2.75, 3.05) is 11.5 Å². The highest BCUT2D eigenvalue weighted by atomic mass is 16.5. The van der Waals surface area contributed by atoms with Gasteiger partial charge in [0.25, 0.3) is 0 Å². The van der Waals surface area contributed by atoms with Crippen molar-refractivity contribution in [3.8, 4) is 67.1 Å². The maximum Gasteiger partial charge on any atom is 0.119 e. The molecule has 1 aliphatic carbocycles. The lowest BCUT2D eigenvalue weighted by Crippen LogP contribution is -2.27. The molecule has 0 spiro atoms. The SMILES string of the molecule is C=Cc1ccc(OCC(C)CCCCC2(c3ccccc3)c3ccccc3-c3ccc(N(c4ccc(-c5ccccc5)cc4)c4ccc(-c5cc(C)c(-c6ccc7c(c6)c6cc(-c8ccc(C=C)cc8)ccc6n7-c6ccccc6)cc5C)cc4)cc32)cc1. The fraction of sp³-hybridized carbons (Fsp3) is 0.116. The largest absolute Gasteiger partial charge is 0.493 e. The van der Waals surface area contributed by atoms with Crippen LogP contribution in [0.5, 0.6) is 5.75 Å². The molecule has 0 N–H and O–H groups in total. The van der Waals surface area contributed by atoms with Crippen LogP contribution in [0.25, 0.3) is 95.3 Å². The van der Waals surface area contributed by atoms with E-state index in [0.717, 1.165) is 65.3 Å². The Morgan fingerprint density at radius 3 is 1.57 bits per heavy atom. The highest BCUT2D eigenvalue weighted by molar-refractivity contribution is 6.12. The first-order valence-corrected chi connectivity index (χ1v) is 31.4. The van der Waals surface area contributed by atoms with Gasteiger partial charge in [-0.05, 0) is 212 Å². The molecule has 13 aromatic rings. The summed E-state index contributed by atoms with van der Waals surface area (Å²) >= 11 is 0. The topological polar surface area (TPSA) is 17.4 Å². The van der Waals surface area contributed by atoms with Gasteiger partial charge in [0.05, 0.1) is 17.6 Å². The first-order valence-electron chi connectivity index (χ1n) is 31.4. The van der Waals surface area contributed by atoms with Crippen molar-refractivity contribution in [2.24, 2.45) is 5.92 Å². The Bertz CT molecular complexity index is 4690. The molecule has 0 amide bonds. The number of hydrogen-bond acceptors (Lipinski definition) is 2. The van der Waals surface area contributed by atoms with E-state index in [0.29, 0.717) is 12.5 Å². The number of aromatic nitrogens is 1. The Morgan fingerprint density at radius 2 is 0.921 bits per heavy atom. The van der Waals surface area contributed by atoms with E-state index in [4.69, 9.17) is 4.74 Å². The molecule has 1 heterocycles. The lowest BCUT2D eigenvalue weighted by atomic mass is 9.69. The molecule has 14 rings (SSSR count). The standard InChI is InChI=1S/C86H72N2O/c1-6-62-30-34-66(35-31-62)68-40-50-84-80(55-68)81-56-69(41-51-85(81)88(84)71-26-15-10-16-27-71)79-54-60(4)78(53-61(79)5)67-38-44-73(45-39-67)87(72-42-36-65(37-43-72)64-22-11-8-12-23-64)74-46-49-77-76-28-17-18-29-82(76)86(83(77)57-74,70-24-13-9-14-25-70)52-20-19-21-59(3)58-89-75-47-32-63(7-2)33-48-75/h6-18,22-51,53-57,59H,1-2,19-21,52,58H2,3-5H3. The molecule has 2 atom stereocenters. The van der Waals surface area contributed by atoms with Crippen LogP contribution in [0.15, 0.2) is 292 Å². The third-order valence-corrected chi connectivity index (χ3v) is 18.6. The number of fused-ring (bicyclic) bond motifs is 6. The second-order valence-corrected chi connectivity index (χ2v) is 24.2. The zero-order valence-electron chi connectivity index (χ0n) is 51.0. The number of benzene rings is 12. The lowest BCUT2D eigenvalue weighted by Gasteiger charge is -2.34. The average molecular weight is 1150 g/mol. The Morgan fingerprint density at radius 1 is 0.427 bits per heavy atom. The van der Waals surface area contributed by atoms with Crippen molar-refractivity contribution < 1.29 is 4.74 Å². The molecule has 3 nitrogen and oxygen atoms in total. The molecular formula is C86H72N2O. The molecule has 2 unspecified atom stereocenters. The van der Waals surface area contributed by atoms with Crippen LogP contribution in [0.3, 0.4) is 0 Å². The van der Waals surface area contributed by atoms with Crippen LogP contribution in [-0.4, -0.2) is 11.2 Å². The monoisotopic (exact) mass is 1150 g/mol. The Labute approximate surface area is 524 Å². The van der Waals surface area contributed by atoms with Crippen LogP contribution in [0, 0.1) is 19.8 Å². The van der Waals surface area contributed by atoms with Gasteiger partial charge in [0.2, 0.25) is 0 Å². The lowest BCUT2D eigenvalue weighted by molar-refractivity contribution is 0.248. The fourth-order valence-electron chi connectivity index (χ4n) is 14.0.